The SMILES string of the molecule is CC(C)CCCCCCCSC(C)C(=O)[O-].CC(C)CCCCCCCSC(C)C(=O)[O-].CC(C)CCCCCCCSC(C)C(=O)[O-].[Bi+3]. The summed E-state index contributed by atoms with van der Waals surface area (Å²) in [5, 5.41) is 30.2. The van der Waals surface area contributed by atoms with Crippen LogP contribution in [0.5, 0.6) is 0 Å². The maximum absolute atomic E-state index is 10.4. The van der Waals surface area contributed by atoms with E-state index in [1.807, 2.05) is 0 Å². The third-order valence-electron chi connectivity index (χ3n) is 7.88. The van der Waals surface area contributed by atoms with E-state index in [2.05, 4.69) is 41.5 Å². The summed E-state index contributed by atoms with van der Waals surface area (Å²) < 4.78 is 0. The number of hydrogen-bond donors (Lipinski definition) is 0. The minimum Gasteiger partial charge on any atom is -0.549 e. The van der Waals surface area contributed by atoms with Crippen LogP contribution in [-0.4, -0.2) is 77.1 Å². The fourth-order valence-corrected chi connectivity index (χ4v) is 7.12. The van der Waals surface area contributed by atoms with Gasteiger partial charge in [0.15, 0.2) is 0 Å². The first-order valence-corrected chi connectivity index (χ1v) is 22.2. The van der Waals surface area contributed by atoms with Crippen LogP contribution in [0.3, 0.4) is 0 Å². The molecule has 0 N–H and O–H groups in total. The van der Waals surface area contributed by atoms with Crippen LogP contribution in [0.15, 0.2) is 0 Å². The molecule has 290 valence electrons. The van der Waals surface area contributed by atoms with Crippen LogP contribution in [0.2, 0.25) is 0 Å². The molecule has 0 rings (SSSR count). The molecule has 0 aliphatic heterocycles. The molecule has 0 aliphatic carbocycles. The molecule has 0 saturated carbocycles. The molecule has 3 atom stereocenters. The summed E-state index contributed by atoms with van der Waals surface area (Å²) in [6.07, 6.45) is 22.9. The molecule has 0 bridgehead atoms. The van der Waals surface area contributed by atoms with Crippen LogP contribution >= 0.6 is 35.3 Å². The molecule has 10 heteroatoms. The summed E-state index contributed by atoms with van der Waals surface area (Å²) in [6, 6.07) is 0. The van der Waals surface area contributed by atoms with E-state index in [1.165, 1.54) is 132 Å². The Balaban J connectivity index is -0.000000307. The van der Waals surface area contributed by atoms with Crippen LogP contribution in [-0.2, 0) is 14.4 Å². The second kappa shape index (κ2) is 41.1. The number of carboxylic acids is 3. The van der Waals surface area contributed by atoms with E-state index in [0.717, 1.165) is 54.3 Å². The van der Waals surface area contributed by atoms with E-state index >= 15 is 0 Å². The molecule has 0 aromatic carbocycles. The zero-order valence-electron chi connectivity index (χ0n) is 32.9. The van der Waals surface area contributed by atoms with Gasteiger partial charge < -0.3 is 29.7 Å². The van der Waals surface area contributed by atoms with Gasteiger partial charge in [0.05, 0.1) is 17.9 Å². The third kappa shape index (κ3) is 50.5. The van der Waals surface area contributed by atoms with Gasteiger partial charge in [0.2, 0.25) is 0 Å². The van der Waals surface area contributed by atoms with Crippen molar-refractivity contribution in [2.75, 3.05) is 17.3 Å². The van der Waals surface area contributed by atoms with E-state index < -0.39 is 17.9 Å². The number of rotatable bonds is 30. The first-order chi connectivity index (χ1) is 22.6. The maximum atomic E-state index is 10.4. The molecule has 3 unspecified atom stereocenters. The normalized spacial score (nSPS) is 12.7. The Morgan fingerprint density at radius 2 is 0.551 bits per heavy atom. The number of carboxylic acid groups (broad SMARTS) is 3. The molecule has 0 amide bonds. The Hall–Kier alpha value is 0.343. The predicted molar refractivity (Wildman–Crippen MR) is 214 cm³/mol. The molecule has 0 heterocycles. The molecule has 6 nitrogen and oxygen atoms in total. The van der Waals surface area contributed by atoms with Crippen molar-refractivity contribution >= 4 is 79.4 Å². The first-order valence-electron chi connectivity index (χ1n) is 19.1. The largest absolute Gasteiger partial charge is 3.00 e. The van der Waals surface area contributed by atoms with Gasteiger partial charge in [-0.25, -0.2) is 0 Å². The quantitative estimate of drug-likeness (QED) is 0.0519. The summed E-state index contributed by atoms with van der Waals surface area (Å²) in [5.74, 6) is 2.46. The van der Waals surface area contributed by atoms with Crippen molar-refractivity contribution in [3.05, 3.63) is 0 Å². The van der Waals surface area contributed by atoms with Crippen molar-refractivity contribution in [3.63, 3.8) is 0 Å². The van der Waals surface area contributed by atoms with Gasteiger partial charge in [0.25, 0.3) is 0 Å². The van der Waals surface area contributed by atoms with Gasteiger partial charge in [0, 0.05) is 15.7 Å². The molecule has 2 radical (unpaired) electrons. The number of thioether (sulfide) groups is 3. The minimum atomic E-state index is -0.943. The predicted octanol–water partition coefficient (Wildman–Crippen LogP) is 8.18. The van der Waals surface area contributed by atoms with Crippen molar-refractivity contribution in [1.82, 2.24) is 0 Å². The van der Waals surface area contributed by atoms with Gasteiger partial charge >= 0.3 is 26.2 Å². The zero-order chi connectivity index (χ0) is 37.2. The second-order valence-electron chi connectivity index (χ2n) is 14.3. The molecule has 0 aromatic heterocycles. The average molecular weight is 945 g/mol. The van der Waals surface area contributed by atoms with Crippen LogP contribution < -0.4 is 15.3 Å². The monoisotopic (exact) mass is 944 g/mol. The van der Waals surface area contributed by atoms with E-state index in [9.17, 15) is 29.7 Å². The zero-order valence-corrected chi connectivity index (χ0v) is 38.9. The van der Waals surface area contributed by atoms with Crippen molar-refractivity contribution < 1.29 is 29.7 Å². The number of carbonyl (C=O) groups is 3. The number of unbranched alkanes of at least 4 members (excludes halogenated alkanes) is 12. The van der Waals surface area contributed by atoms with Gasteiger partial charge in [-0.3, -0.25) is 0 Å². The molecule has 0 spiro atoms. The summed E-state index contributed by atoms with van der Waals surface area (Å²) in [6.45, 7) is 18.7. The molecular weight excluding hydrogens is 870 g/mol. The van der Waals surface area contributed by atoms with Crippen LogP contribution in [0.4, 0.5) is 0 Å². The molecule has 0 saturated heterocycles. The molecule has 0 aliphatic rings. The Morgan fingerprint density at radius 3 is 0.735 bits per heavy atom. The summed E-state index contributed by atoms with van der Waals surface area (Å²) >= 11 is 4.47. The van der Waals surface area contributed by atoms with Crippen molar-refractivity contribution in [2.24, 2.45) is 17.8 Å². The Morgan fingerprint density at radius 1 is 0.367 bits per heavy atom. The number of hydrogen-bond acceptors (Lipinski definition) is 9. The molecule has 49 heavy (non-hydrogen) atoms. The van der Waals surface area contributed by atoms with E-state index in [0.29, 0.717) is 0 Å². The number of aliphatic carboxylic acids is 3. The van der Waals surface area contributed by atoms with Gasteiger partial charge in [-0.1, -0.05) is 138 Å². The Bertz CT molecular complexity index is 644. The van der Waals surface area contributed by atoms with E-state index in [-0.39, 0.29) is 42.0 Å². The Labute approximate surface area is 335 Å². The molecule has 0 fully saturated rings. The van der Waals surface area contributed by atoms with Gasteiger partial charge in [-0.2, -0.15) is 35.3 Å². The third-order valence-corrected chi connectivity index (χ3v) is 11.5. The summed E-state index contributed by atoms with van der Waals surface area (Å²) in [7, 11) is 0. The maximum Gasteiger partial charge on any atom is 3.00 e. The standard InChI is InChI=1S/3C13H26O2S.Bi/c3*1-11(2)9-7-5-4-6-8-10-16-12(3)13(14)15;/h3*11-12H,4-10H2,1-3H3,(H,14,15);/q;;;+3/p-3. The van der Waals surface area contributed by atoms with Gasteiger partial charge in [-0.15, -0.1) is 0 Å². The fourth-order valence-electron chi connectivity index (χ4n) is 4.54. The molecule has 0 aromatic rings. The van der Waals surface area contributed by atoms with Gasteiger partial charge in [0.1, 0.15) is 0 Å². The Kier molecular flexibility index (Phi) is 47.1. The topological polar surface area (TPSA) is 120 Å². The van der Waals surface area contributed by atoms with E-state index in [1.54, 1.807) is 20.8 Å². The molecular formula is C39H75BiO6S3. The van der Waals surface area contributed by atoms with Crippen molar-refractivity contribution in [2.45, 2.75) is 194 Å². The average Bonchev–Trinajstić information content (AvgIpc) is 3.00. The van der Waals surface area contributed by atoms with E-state index in [4.69, 9.17) is 0 Å². The van der Waals surface area contributed by atoms with Crippen molar-refractivity contribution in [1.29, 1.82) is 0 Å². The fraction of sp³-hybridized carbons (Fsp3) is 0.923. The van der Waals surface area contributed by atoms with Crippen LogP contribution in [0.25, 0.3) is 0 Å². The number of carbonyl (C=O) groups excluding carboxylic acids is 3. The van der Waals surface area contributed by atoms with Crippen LogP contribution in [0.1, 0.15) is 178 Å². The smallest absolute Gasteiger partial charge is 0.549 e. The first kappa shape index (κ1) is 56.1. The van der Waals surface area contributed by atoms with Crippen LogP contribution in [0, 0.1) is 17.8 Å². The summed E-state index contributed by atoms with van der Waals surface area (Å²) in [4.78, 5) is 31.3. The van der Waals surface area contributed by atoms with Gasteiger partial charge in [-0.05, 0) is 75.0 Å². The second-order valence-corrected chi connectivity index (χ2v) is 18.7. The van der Waals surface area contributed by atoms with Crippen molar-refractivity contribution in [3.8, 4) is 0 Å². The summed E-state index contributed by atoms with van der Waals surface area (Å²) in [5.41, 5.74) is 0. The minimum absolute atomic E-state index is 0.